The fourth-order valence-corrected chi connectivity index (χ4v) is 4.81. The van der Waals surface area contributed by atoms with Gasteiger partial charge < -0.3 is 14.2 Å². The lowest BCUT2D eigenvalue weighted by molar-refractivity contribution is 0.287. The van der Waals surface area contributed by atoms with Crippen LogP contribution in [-0.4, -0.2) is 35.7 Å². The summed E-state index contributed by atoms with van der Waals surface area (Å²) < 4.78 is 19.6. The summed E-state index contributed by atoms with van der Waals surface area (Å²) in [5, 5.41) is 5.17. The number of hydrogen-bond acceptors (Lipinski definition) is 6. The van der Waals surface area contributed by atoms with Gasteiger partial charge in [0.25, 0.3) is 5.56 Å². The summed E-state index contributed by atoms with van der Waals surface area (Å²) in [6.07, 6.45) is 1.64. The van der Waals surface area contributed by atoms with E-state index in [0.29, 0.717) is 48.0 Å². The van der Waals surface area contributed by atoms with Crippen LogP contribution in [0.25, 0.3) is 22.3 Å². The molecule has 0 fully saturated rings. The number of benzene rings is 3. The topological polar surface area (TPSA) is 74.9 Å². The Morgan fingerprint density at radius 3 is 2.26 bits per heavy atom. The molecule has 0 saturated carbocycles. The van der Waals surface area contributed by atoms with Crippen molar-refractivity contribution in [2.24, 2.45) is 5.10 Å². The van der Waals surface area contributed by atoms with Gasteiger partial charge in [0, 0.05) is 15.6 Å². The predicted molar refractivity (Wildman–Crippen MR) is 161 cm³/mol. The first-order valence-corrected chi connectivity index (χ1v) is 14.0. The third kappa shape index (κ3) is 6.01. The van der Waals surface area contributed by atoms with Gasteiger partial charge in [-0.3, -0.25) is 4.79 Å². The Hall–Kier alpha value is -3.65. The maximum atomic E-state index is 13.8. The van der Waals surface area contributed by atoms with Crippen molar-refractivity contribution in [2.45, 2.75) is 47.5 Å². The first-order valence-electron chi connectivity index (χ1n) is 13.2. The highest BCUT2D eigenvalue weighted by Crippen LogP contribution is 2.35. The number of aryl methyl sites for hydroxylation is 1. The molecule has 0 unspecified atom stereocenters. The third-order valence-electron chi connectivity index (χ3n) is 6.25. The average Bonchev–Trinajstić information content (AvgIpc) is 2.90. The minimum Gasteiger partial charge on any atom is -0.494 e. The normalized spacial score (nSPS) is 11.5. The van der Waals surface area contributed by atoms with E-state index >= 15 is 0 Å². The summed E-state index contributed by atoms with van der Waals surface area (Å²) in [5.41, 5.74) is 3.91. The third-order valence-corrected chi connectivity index (χ3v) is 6.94. The van der Waals surface area contributed by atoms with Gasteiger partial charge in [-0.25, -0.2) is 4.98 Å². The van der Waals surface area contributed by atoms with E-state index in [1.165, 1.54) is 4.68 Å². The molecule has 1 aromatic heterocycles. The molecule has 0 bridgehead atoms. The molecule has 4 rings (SSSR count). The van der Waals surface area contributed by atoms with E-state index in [9.17, 15) is 4.79 Å². The van der Waals surface area contributed by atoms with Crippen molar-refractivity contribution < 1.29 is 14.2 Å². The van der Waals surface area contributed by atoms with E-state index in [0.717, 1.165) is 32.5 Å². The lowest BCUT2D eigenvalue weighted by atomic mass is 9.96. The summed E-state index contributed by atoms with van der Waals surface area (Å²) in [5.74, 6) is 2.77. The number of para-hydroxylation sites is 1. The van der Waals surface area contributed by atoms with Gasteiger partial charge in [-0.05, 0) is 97.1 Å². The average molecular weight is 593 g/mol. The number of ether oxygens (including phenoxy) is 3. The molecule has 7 nitrogen and oxygen atoms in total. The zero-order valence-corrected chi connectivity index (χ0v) is 24.8. The van der Waals surface area contributed by atoms with Crippen LogP contribution in [0.3, 0.4) is 0 Å². The molecule has 1 heterocycles. The van der Waals surface area contributed by atoms with Gasteiger partial charge in [0.15, 0.2) is 17.3 Å². The number of fused-ring (bicyclic) bond motifs is 1. The minimum absolute atomic E-state index is 0.215. The smallest absolute Gasteiger partial charge is 0.282 e. The van der Waals surface area contributed by atoms with Crippen molar-refractivity contribution in [1.82, 2.24) is 9.66 Å². The van der Waals surface area contributed by atoms with Gasteiger partial charge in [0.2, 0.25) is 0 Å². The zero-order valence-electron chi connectivity index (χ0n) is 23.2. The second kappa shape index (κ2) is 12.5. The van der Waals surface area contributed by atoms with Crippen molar-refractivity contribution >= 4 is 33.0 Å². The molecule has 0 radical (unpaired) electrons. The number of hydrogen-bond donors (Lipinski definition) is 0. The van der Waals surface area contributed by atoms with E-state index in [4.69, 9.17) is 19.2 Å². The minimum atomic E-state index is -0.252. The Morgan fingerprint density at radius 1 is 0.949 bits per heavy atom. The monoisotopic (exact) mass is 591 g/mol. The van der Waals surface area contributed by atoms with E-state index < -0.39 is 0 Å². The Balaban J connectivity index is 1.94. The lowest BCUT2D eigenvalue weighted by Gasteiger charge is -2.18. The van der Waals surface area contributed by atoms with Crippen molar-refractivity contribution in [3.63, 3.8) is 0 Å². The number of aromatic nitrogens is 2. The van der Waals surface area contributed by atoms with Gasteiger partial charge in [-0.2, -0.15) is 9.78 Å². The highest BCUT2D eigenvalue weighted by Gasteiger charge is 2.19. The van der Waals surface area contributed by atoms with E-state index in [2.05, 4.69) is 40.9 Å². The maximum Gasteiger partial charge on any atom is 0.282 e. The second-order valence-corrected chi connectivity index (χ2v) is 10.1. The molecule has 3 aromatic carbocycles. The highest BCUT2D eigenvalue weighted by molar-refractivity contribution is 9.10. The van der Waals surface area contributed by atoms with Crippen LogP contribution < -0.4 is 19.8 Å². The quantitative estimate of drug-likeness (QED) is 0.180. The van der Waals surface area contributed by atoms with Gasteiger partial charge in [0.1, 0.15) is 5.75 Å². The SMILES string of the molecule is CCOc1cc(Br)c(C=Nn2c(-c3cc(C(C)C)c(OCC)cc3C)nc3ccccc3c2=O)cc1OCC. The summed E-state index contributed by atoms with van der Waals surface area (Å²) in [6.45, 7) is 13.6. The largest absolute Gasteiger partial charge is 0.494 e. The van der Waals surface area contributed by atoms with E-state index in [-0.39, 0.29) is 11.5 Å². The Morgan fingerprint density at radius 2 is 1.59 bits per heavy atom. The predicted octanol–water partition coefficient (Wildman–Crippen LogP) is 7.34. The van der Waals surface area contributed by atoms with Crippen LogP contribution in [0.2, 0.25) is 0 Å². The van der Waals surface area contributed by atoms with Gasteiger partial charge >= 0.3 is 0 Å². The summed E-state index contributed by atoms with van der Waals surface area (Å²) in [4.78, 5) is 18.7. The number of nitrogens with zero attached hydrogens (tertiary/aromatic N) is 3. The summed E-state index contributed by atoms with van der Waals surface area (Å²) in [7, 11) is 0. The molecule has 39 heavy (non-hydrogen) atoms. The molecule has 0 aliphatic rings. The fourth-order valence-electron chi connectivity index (χ4n) is 4.38. The lowest BCUT2D eigenvalue weighted by Crippen LogP contribution is -2.21. The van der Waals surface area contributed by atoms with E-state index in [1.54, 1.807) is 12.3 Å². The summed E-state index contributed by atoms with van der Waals surface area (Å²) >= 11 is 3.61. The molecular weight excluding hydrogens is 558 g/mol. The van der Waals surface area contributed by atoms with Gasteiger partial charge in [0.05, 0.1) is 36.9 Å². The first kappa shape index (κ1) is 28.4. The molecule has 0 aliphatic carbocycles. The van der Waals surface area contributed by atoms with Crippen LogP contribution in [0.4, 0.5) is 0 Å². The molecule has 0 saturated heterocycles. The molecule has 0 amide bonds. The van der Waals surface area contributed by atoms with Crippen molar-refractivity contribution in [3.05, 3.63) is 80.0 Å². The molecule has 0 N–H and O–H groups in total. The van der Waals surface area contributed by atoms with Crippen LogP contribution in [-0.2, 0) is 0 Å². The Labute approximate surface area is 237 Å². The first-order chi connectivity index (χ1) is 18.8. The van der Waals surface area contributed by atoms with Crippen LogP contribution in [0.1, 0.15) is 57.2 Å². The van der Waals surface area contributed by atoms with Crippen LogP contribution in [0.15, 0.2) is 62.9 Å². The number of halogens is 1. The van der Waals surface area contributed by atoms with E-state index in [1.807, 2.05) is 64.1 Å². The Bertz CT molecular complexity index is 1580. The molecule has 4 aromatic rings. The Kier molecular flexibility index (Phi) is 9.07. The van der Waals surface area contributed by atoms with Crippen LogP contribution in [0.5, 0.6) is 17.2 Å². The fraction of sp³-hybridized carbons (Fsp3) is 0.323. The zero-order chi connectivity index (χ0) is 28.1. The van der Waals surface area contributed by atoms with Gasteiger partial charge in [-0.15, -0.1) is 0 Å². The maximum absolute atomic E-state index is 13.8. The summed E-state index contributed by atoms with van der Waals surface area (Å²) in [6, 6.07) is 15.1. The molecule has 0 aliphatic heterocycles. The molecule has 0 spiro atoms. The van der Waals surface area contributed by atoms with Crippen LogP contribution in [0, 0.1) is 6.92 Å². The molecular formula is C31H34BrN3O4. The number of rotatable bonds is 10. The molecule has 204 valence electrons. The van der Waals surface area contributed by atoms with Crippen LogP contribution >= 0.6 is 15.9 Å². The standard InChI is InChI=1S/C31H34BrN3O4/c1-7-37-27-14-20(6)24(16-23(27)19(4)5)30-34-26-13-11-10-12-22(26)31(36)35(30)33-18-21-15-28(38-8-2)29(39-9-3)17-25(21)32/h10-19H,7-9H2,1-6H3. The van der Waals surface area contributed by atoms with Crippen molar-refractivity contribution in [2.75, 3.05) is 19.8 Å². The van der Waals surface area contributed by atoms with Crippen molar-refractivity contribution in [3.8, 4) is 28.6 Å². The second-order valence-electron chi connectivity index (χ2n) is 9.29. The highest BCUT2D eigenvalue weighted by atomic mass is 79.9. The molecule has 8 heteroatoms. The van der Waals surface area contributed by atoms with Gasteiger partial charge in [-0.1, -0.05) is 26.0 Å². The van der Waals surface area contributed by atoms with Crippen molar-refractivity contribution in [1.29, 1.82) is 0 Å². The molecule has 0 atom stereocenters.